The van der Waals surface area contributed by atoms with Gasteiger partial charge >= 0.3 is 5.97 Å². The zero-order chi connectivity index (χ0) is 17.7. The lowest BCUT2D eigenvalue weighted by atomic mass is 10.1. The molecule has 2 N–H and O–H groups in total. The molecule has 0 atom stereocenters. The SMILES string of the molecule is COC(=O)CSc1nnc(-c2cc(OC)c(OC)c(OC)c2)n1N. The van der Waals surface area contributed by atoms with Crippen LogP contribution >= 0.6 is 11.8 Å². The van der Waals surface area contributed by atoms with Gasteiger partial charge in [-0.15, -0.1) is 10.2 Å². The molecule has 0 saturated carbocycles. The number of thioether (sulfide) groups is 1. The zero-order valence-corrected chi connectivity index (χ0v) is 14.5. The summed E-state index contributed by atoms with van der Waals surface area (Å²) < 4.78 is 21.8. The van der Waals surface area contributed by atoms with Crippen LogP contribution in [0.5, 0.6) is 17.2 Å². The van der Waals surface area contributed by atoms with Gasteiger partial charge in [0.05, 0.1) is 34.2 Å². The van der Waals surface area contributed by atoms with Crippen LogP contribution in [-0.4, -0.2) is 55.0 Å². The highest BCUT2D eigenvalue weighted by Crippen LogP contribution is 2.40. The number of hydrogen-bond acceptors (Lipinski definition) is 9. The maximum Gasteiger partial charge on any atom is 0.316 e. The molecule has 1 aromatic carbocycles. The molecule has 0 fully saturated rings. The Kier molecular flexibility index (Phi) is 5.74. The second kappa shape index (κ2) is 7.77. The van der Waals surface area contributed by atoms with Crippen LogP contribution < -0.4 is 20.1 Å². The van der Waals surface area contributed by atoms with E-state index in [0.29, 0.717) is 33.8 Å². The predicted molar refractivity (Wildman–Crippen MR) is 88.0 cm³/mol. The van der Waals surface area contributed by atoms with E-state index in [0.717, 1.165) is 11.8 Å². The second-order valence-corrected chi connectivity index (χ2v) is 5.40. The van der Waals surface area contributed by atoms with Gasteiger partial charge in [-0.1, -0.05) is 11.8 Å². The Morgan fingerprint density at radius 2 is 1.75 bits per heavy atom. The van der Waals surface area contributed by atoms with Gasteiger partial charge in [0.15, 0.2) is 17.3 Å². The zero-order valence-electron chi connectivity index (χ0n) is 13.7. The Morgan fingerprint density at radius 1 is 1.12 bits per heavy atom. The number of rotatable bonds is 7. The van der Waals surface area contributed by atoms with Gasteiger partial charge in [-0.05, 0) is 12.1 Å². The molecule has 1 aromatic heterocycles. The predicted octanol–water partition coefficient (Wildman–Crippen LogP) is 0.950. The van der Waals surface area contributed by atoms with E-state index in [-0.39, 0.29) is 11.7 Å². The molecule has 0 bridgehead atoms. The van der Waals surface area contributed by atoms with Crippen LogP contribution in [0.25, 0.3) is 11.4 Å². The Balaban J connectivity index is 2.38. The highest BCUT2D eigenvalue weighted by atomic mass is 32.2. The molecule has 2 aromatic rings. The molecule has 0 spiro atoms. The van der Waals surface area contributed by atoms with Crippen molar-refractivity contribution in [1.82, 2.24) is 14.9 Å². The van der Waals surface area contributed by atoms with Gasteiger partial charge in [0.2, 0.25) is 10.9 Å². The van der Waals surface area contributed by atoms with Crippen molar-refractivity contribution in [1.29, 1.82) is 0 Å². The van der Waals surface area contributed by atoms with E-state index >= 15 is 0 Å². The van der Waals surface area contributed by atoms with Gasteiger partial charge in [0.1, 0.15) is 0 Å². The van der Waals surface area contributed by atoms with Gasteiger partial charge in [-0.3, -0.25) is 4.79 Å². The fourth-order valence-electron chi connectivity index (χ4n) is 1.96. The first-order valence-electron chi connectivity index (χ1n) is 6.76. The minimum Gasteiger partial charge on any atom is -0.493 e. The summed E-state index contributed by atoms with van der Waals surface area (Å²) in [5.41, 5.74) is 0.629. The molecular weight excluding hydrogens is 336 g/mol. The van der Waals surface area contributed by atoms with E-state index in [1.807, 2.05) is 0 Å². The lowest BCUT2D eigenvalue weighted by Crippen LogP contribution is -2.13. The van der Waals surface area contributed by atoms with Crippen LogP contribution in [0.4, 0.5) is 0 Å². The fourth-order valence-corrected chi connectivity index (χ4v) is 2.65. The highest BCUT2D eigenvalue weighted by molar-refractivity contribution is 7.99. The summed E-state index contributed by atoms with van der Waals surface area (Å²) in [5.74, 6) is 7.53. The minimum absolute atomic E-state index is 0.0844. The maximum atomic E-state index is 11.2. The van der Waals surface area contributed by atoms with Gasteiger partial charge in [-0.2, -0.15) is 0 Å². The Hall–Kier alpha value is -2.62. The number of benzene rings is 1. The number of hydrogen-bond donors (Lipinski definition) is 1. The molecule has 0 aliphatic carbocycles. The maximum absolute atomic E-state index is 11.2. The van der Waals surface area contributed by atoms with Crippen LogP contribution in [0, 0.1) is 0 Å². The van der Waals surface area contributed by atoms with E-state index in [4.69, 9.17) is 20.1 Å². The molecular formula is C14H18N4O5S. The van der Waals surface area contributed by atoms with Crippen molar-refractivity contribution in [2.75, 3.05) is 40.0 Å². The Bertz CT molecular complexity index is 709. The highest BCUT2D eigenvalue weighted by Gasteiger charge is 2.19. The molecule has 10 heteroatoms. The Labute approximate surface area is 143 Å². The van der Waals surface area contributed by atoms with Gasteiger partial charge in [0.25, 0.3) is 0 Å². The molecule has 0 aliphatic rings. The minimum atomic E-state index is -0.377. The van der Waals surface area contributed by atoms with Crippen molar-refractivity contribution in [2.45, 2.75) is 5.16 Å². The third kappa shape index (κ3) is 3.48. The van der Waals surface area contributed by atoms with E-state index in [1.165, 1.54) is 33.1 Å². The number of esters is 1. The third-order valence-corrected chi connectivity index (χ3v) is 4.05. The van der Waals surface area contributed by atoms with E-state index < -0.39 is 0 Å². The number of nitrogen functional groups attached to an aromatic ring is 1. The Morgan fingerprint density at radius 3 is 2.25 bits per heavy atom. The summed E-state index contributed by atoms with van der Waals surface area (Å²) in [6, 6.07) is 3.42. The molecule has 9 nitrogen and oxygen atoms in total. The van der Waals surface area contributed by atoms with Crippen LogP contribution in [0.2, 0.25) is 0 Å². The monoisotopic (exact) mass is 354 g/mol. The average molecular weight is 354 g/mol. The average Bonchev–Trinajstić information content (AvgIpc) is 2.98. The number of nitrogens with two attached hydrogens (primary N) is 1. The summed E-state index contributed by atoms with van der Waals surface area (Å²) in [4.78, 5) is 11.2. The molecule has 130 valence electrons. The molecule has 2 rings (SSSR count). The van der Waals surface area contributed by atoms with Crippen molar-refractivity contribution in [3.63, 3.8) is 0 Å². The largest absolute Gasteiger partial charge is 0.493 e. The standard InChI is InChI=1S/C14H18N4O5S/c1-20-9-5-8(6-10(21-2)12(9)23-4)13-16-17-14(18(13)15)24-7-11(19)22-3/h5-6H,7,15H2,1-4H3. The topological polar surface area (TPSA) is 111 Å². The summed E-state index contributed by atoms with van der Waals surface area (Å²) in [6.45, 7) is 0. The molecule has 0 saturated heterocycles. The normalized spacial score (nSPS) is 10.3. The molecule has 24 heavy (non-hydrogen) atoms. The van der Waals surface area contributed by atoms with Crippen molar-refractivity contribution in [2.24, 2.45) is 0 Å². The van der Waals surface area contributed by atoms with Gasteiger partial charge in [0, 0.05) is 5.56 Å². The molecule has 0 unspecified atom stereocenters. The van der Waals surface area contributed by atoms with E-state index in [9.17, 15) is 4.79 Å². The summed E-state index contributed by atoms with van der Waals surface area (Å²) in [7, 11) is 5.88. The lowest BCUT2D eigenvalue weighted by molar-refractivity contribution is -0.137. The van der Waals surface area contributed by atoms with Crippen LogP contribution in [0.1, 0.15) is 0 Å². The first-order chi connectivity index (χ1) is 11.5. The fraction of sp³-hybridized carbons (Fsp3) is 0.357. The van der Waals surface area contributed by atoms with Crippen molar-refractivity contribution in [3.8, 4) is 28.6 Å². The van der Waals surface area contributed by atoms with E-state index in [2.05, 4.69) is 14.9 Å². The molecule has 0 aliphatic heterocycles. The van der Waals surface area contributed by atoms with Crippen LogP contribution in [0.3, 0.4) is 0 Å². The number of ether oxygens (including phenoxy) is 4. The first-order valence-corrected chi connectivity index (χ1v) is 7.74. The van der Waals surface area contributed by atoms with Crippen molar-refractivity contribution >= 4 is 17.7 Å². The number of carbonyl (C=O) groups is 1. The van der Waals surface area contributed by atoms with Gasteiger partial charge in [-0.25, -0.2) is 4.68 Å². The molecule has 0 amide bonds. The smallest absolute Gasteiger partial charge is 0.316 e. The van der Waals surface area contributed by atoms with Gasteiger partial charge < -0.3 is 24.8 Å². The number of methoxy groups -OCH3 is 4. The summed E-state index contributed by atoms with van der Waals surface area (Å²) >= 11 is 1.13. The van der Waals surface area contributed by atoms with Crippen LogP contribution in [0.15, 0.2) is 17.3 Å². The number of nitrogens with zero attached hydrogens (tertiary/aromatic N) is 3. The second-order valence-electron chi connectivity index (χ2n) is 4.46. The summed E-state index contributed by atoms with van der Waals surface area (Å²) in [6.07, 6.45) is 0. The number of aromatic nitrogens is 3. The third-order valence-electron chi connectivity index (χ3n) is 3.13. The lowest BCUT2D eigenvalue weighted by Gasteiger charge is -2.13. The van der Waals surface area contributed by atoms with Crippen molar-refractivity contribution in [3.05, 3.63) is 12.1 Å². The quantitative estimate of drug-likeness (QED) is 0.441. The van der Waals surface area contributed by atoms with Crippen LogP contribution in [-0.2, 0) is 9.53 Å². The number of carbonyl (C=O) groups excluding carboxylic acids is 1. The molecule has 0 radical (unpaired) electrons. The first kappa shape index (κ1) is 17.7. The molecule has 1 heterocycles. The summed E-state index contributed by atoms with van der Waals surface area (Å²) in [5, 5.41) is 8.42. The van der Waals surface area contributed by atoms with Crippen molar-refractivity contribution < 1.29 is 23.7 Å². The van der Waals surface area contributed by atoms with E-state index in [1.54, 1.807) is 12.1 Å².